The zero-order valence-electron chi connectivity index (χ0n) is 17.6. The summed E-state index contributed by atoms with van der Waals surface area (Å²) < 4.78 is 36.9. The SMILES string of the molecule is CCNC(=NCc1cc(F)ccc1CS(C)(=O)=O)NCC(C)CN1CCCC1.I. The van der Waals surface area contributed by atoms with Gasteiger partial charge in [0, 0.05) is 25.9 Å². The second kappa shape index (κ2) is 12.7. The highest BCUT2D eigenvalue weighted by Gasteiger charge is 2.15. The van der Waals surface area contributed by atoms with E-state index in [4.69, 9.17) is 0 Å². The predicted octanol–water partition coefficient (Wildman–Crippen LogP) is 2.78. The van der Waals surface area contributed by atoms with E-state index in [0.717, 1.165) is 13.1 Å². The maximum Gasteiger partial charge on any atom is 0.191 e. The van der Waals surface area contributed by atoms with Gasteiger partial charge < -0.3 is 15.5 Å². The third kappa shape index (κ3) is 10.1. The van der Waals surface area contributed by atoms with Gasteiger partial charge in [-0.2, -0.15) is 0 Å². The number of benzene rings is 1. The summed E-state index contributed by atoms with van der Waals surface area (Å²) in [5.41, 5.74) is 1.18. The van der Waals surface area contributed by atoms with Crippen LogP contribution in [0.3, 0.4) is 0 Å². The van der Waals surface area contributed by atoms with Crippen LogP contribution in [0.4, 0.5) is 4.39 Å². The molecule has 1 atom stereocenters. The summed E-state index contributed by atoms with van der Waals surface area (Å²) in [7, 11) is -3.20. The van der Waals surface area contributed by atoms with Crippen molar-refractivity contribution in [1.29, 1.82) is 0 Å². The van der Waals surface area contributed by atoms with Crippen molar-refractivity contribution < 1.29 is 12.8 Å². The lowest BCUT2D eigenvalue weighted by Gasteiger charge is -2.21. The van der Waals surface area contributed by atoms with E-state index in [1.54, 1.807) is 0 Å². The smallest absolute Gasteiger partial charge is 0.191 e. The van der Waals surface area contributed by atoms with E-state index in [1.165, 1.54) is 50.4 Å². The number of likely N-dealkylation sites (tertiary alicyclic amines) is 1. The molecule has 1 aliphatic heterocycles. The molecule has 1 aromatic rings. The molecule has 166 valence electrons. The highest BCUT2D eigenvalue weighted by atomic mass is 127. The highest BCUT2D eigenvalue weighted by Crippen LogP contribution is 2.15. The van der Waals surface area contributed by atoms with Crippen LogP contribution in [-0.2, 0) is 22.1 Å². The maximum atomic E-state index is 13.7. The number of nitrogens with zero attached hydrogens (tertiary/aromatic N) is 2. The molecule has 0 saturated carbocycles. The molecule has 1 fully saturated rings. The van der Waals surface area contributed by atoms with Crippen LogP contribution in [0.25, 0.3) is 0 Å². The summed E-state index contributed by atoms with van der Waals surface area (Å²) in [5, 5.41) is 6.54. The Kier molecular flexibility index (Phi) is 11.4. The third-order valence-corrected chi connectivity index (χ3v) is 5.56. The first-order valence-corrected chi connectivity index (χ1v) is 12.0. The molecule has 0 spiro atoms. The molecule has 2 N–H and O–H groups in total. The topological polar surface area (TPSA) is 73.8 Å². The minimum absolute atomic E-state index is 0. The van der Waals surface area contributed by atoms with Crippen molar-refractivity contribution in [1.82, 2.24) is 15.5 Å². The van der Waals surface area contributed by atoms with Crippen molar-refractivity contribution in [3.05, 3.63) is 35.1 Å². The van der Waals surface area contributed by atoms with Gasteiger partial charge in [-0.3, -0.25) is 0 Å². The van der Waals surface area contributed by atoms with Gasteiger partial charge in [0.25, 0.3) is 0 Å². The van der Waals surface area contributed by atoms with E-state index < -0.39 is 9.84 Å². The van der Waals surface area contributed by atoms with Crippen LogP contribution in [0.5, 0.6) is 0 Å². The fourth-order valence-electron chi connectivity index (χ4n) is 3.41. The lowest BCUT2D eigenvalue weighted by molar-refractivity contribution is 0.287. The van der Waals surface area contributed by atoms with E-state index in [2.05, 4.69) is 27.4 Å². The molecule has 2 rings (SSSR count). The molecule has 6 nitrogen and oxygen atoms in total. The number of guanidine groups is 1. The van der Waals surface area contributed by atoms with Crippen LogP contribution in [0, 0.1) is 11.7 Å². The molecular formula is C20H34FIN4O2S. The summed E-state index contributed by atoms with van der Waals surface area (Å²) in [6.45, 7) is 9.36. The second-order valence-corrected chi connectivity index (χ2v) is 9.81. The Hall–Kier alpha value is -0.940. The zero-order valence-corrected chi connectivity index (χ0v) is 20.7. The number of nitrogens with one attached hydrogen (secondary N) is 2. The van der Waals surface area contributed by atoms with E-state index in [-0.39, 0.29) is 42.1 Å². The molecule has 0 bridgehead atoms. The molecule has 0 aliphatic carbocycles. The van der Waals surface area contributed by atoms with Gasteiger partial charge in [0.1, 0.15) is 5.82 Å². The lowest BCUT2D eigenvalue weighted by Crippen LogP contribution is -2.41. The van der Waals surface area contributed by atoms with Gasteiger partial charge in [0.05, 0.1) is 12.3 Å². The van der Waals surface area contributed by atoms with Gasteiger partial charge in [0.2, 0.25) is 0 Å². The van der Waals surface area contributed by atoms with Crippen LogP contribution in [0.1, 0.15) is 37.8 Å². The Bertz CT molecular complexity index is 768. The molecule has 9 heteroatoms. The summed E-state index contributed by atoms with van der Waals surface area (Å²) in [6, 6.07) is 4.18. The monoisotopic (exact) mass is 540 g/mol. The molecule has 1 aliphatic rings. The first-order valence-electron chi connectivity index (χ1n) is 9.96. The van der Waals surface area contributed by atoms with Gasteiger partial charge in [-0.15, -0.1) is 24.0 Å². The molecule has 0 amide bonds. The van der Waals surface area contributed by atoms with E-state index >= 15 is 0 Å². The Morgan fingerprint density at radius 1 is 1.24 bits per heavy atom. The van der Waals surface area contributed by atoms with Crippen LogP contribution in [0.2, 0.25) is 0 Å². The normalized spacial score (nSPS) is 16.3. The predicted molar refractivity (Wildman–Crippen MR) is 128 cm³/mol. The van der Waals surface area contributed by atoms with Gasteiger partial charge in [-0.05, 0) is 62.0 Å². The number of aliphatic imine (C=N–C) groups is 1. The molecule has 1 saturated heterocycles. The Labute approximate surface area is 191 Å². The van der Waals surface area contributed by atoms with Crippen LogP contribution < -0.4 is 10.6 Å². The second-order valence-electron chi connectivity index (χ2n) is 7.67. The van der Waals surface area contributed by atoms with E-state index in [0.29, 0.717) is 29.5 Å². The average molecular weight is 540 g/mol. The molecule has 0 radical (unpaired) electrons. The average Bonchev–Trinajstić information content (AvgIpc) is 3.11. The number of hydrogen-bond donors (Lipinski definition) is 2. The summed E-state index contributed by atoms with van der Waals surface area (Å²) in [4.78, 5) is 7.03. The van der Waals surface area contributed by atoms with Crippen molar-refractivity contribution in [3.8, 4) is 0 Å². The molecule has 1 heterocycles. The highest BCUT2D eigenvalue weighted by molar-refractivity contribution is 14.0. The maximum absolute atomic E-state index is 13.7. The largest absolute Gasteiger partial charge is 0.357 e. The third-order valence-electron chi connectivity index (χ3n) is 4.72. The van der Waals surface area contributed by atoms with Crippen LogP contribution in [0.15, 0.2) is 23.2 Å². The minimum atomic E-state index is -3.20. The van der Waals surface area contributed by atoms with Gasteiger partial charge in [0.15, 0.2) is 15.8 Å². The van der Waals surface area contributed by atoms with Crippen molar-refractivity contribution in [2.45, 2.75) is 39.0 Å². The standard InChI is InChI=1S/C20H33FN4O2S.HI/c1-4-22-20(23-12-16(2)14-25-9-5-6-10-25)24-13-18-11-19(21)8-7-17(18)15-28(3,26)27;/h7-8,11,16H,4-6,9-10,12-15H2,1-3H3,(H2,22,23,24);1H. The Morgan fingerprint density at radius 2 is 1.93 bits per heavy atom. The number of sulfone groups is 1. The van der Waals surface area contributed by atoms with Crippen molar-refractivity contribution in [2.75, 3.05) is 39.0 Å². The minimum Gasteiger partial charge on any atom is -0.357 e. The van der Waals surface area contributed by atoms with E-state index in [9.17, 15) is 12.8 Å². The zero-order chi connectivity index (χ0) is 20.6. The fraction of sp³-hybridized carbons (Fsp3) is 0.650. The first-order chi connectivity index (χ1) is 13.3. The molecule has 1 unspecified atom stereocenters. The summed E-state index contributed by atoms with van der Waals surface area (Å²) in [5.74, 6) is 0.636. The molecule has 0 aromatic heterocycles. The lowest BCUT2D eigenvalue weighted by atomic mass is 10.1. The fourth-order valence-corrected chi connectivity index (χ4v) is 4.26. The van der Waals surface area contributed by atoms with Crippen molar-refractivity contribution in [3.63, 3.8) is 0 Å². The van der Waals surface area contributed by atoms with Gasteiger partial charge >= 0.3 is 0 Å². The quantitative estimate of drug-likeness (QED) is 0.287. The number of rotatable bonds is 9. The summed E-state index contributed by atoms with van der Waals surface area (Å²) >= 11 is 0. The van der Waals surface area contributed by atoms with E-state index in [1.807, 2.05) is 6.92 Å². The first kappa shape index (κ1) is 26.1. The van der Waals surface area contributed by atoms with Gasteiger partial charge in [-0.25, -0.2) is 17.8 Å². The van der Waals surface area contributed by atoms with Gasteiger partial charge in [-0.1, -0.05) is 13.0 Å². The Balaban J connectivity index is 0.00000420. The molecule has 29 heavy (non-hydrogen) atoms. The number of halogens is 2. The van der Waals surface area contributed by atoms with Crippen molar-refractivity contribution in [2.24, 2.45) is 10.9 Å². The Morgan fingerprint density at radius 3 is 2.55 bits per heavy atom. The van der Waals surface area contributed by atoms with Crippen LogP contribution >= 0.6 is 24.0 Å². The molecule has 1 aromatic carbocycles. The summed E-state index contributed by atoms with van der Waals surface area (Å²) in [6.07, 6.45) is 3.75. The van der Waals surface area contributed by atoms with Crippen molar-refractivity contribution >= 4 is 39.8 Å². The molecular weight excluding hydrogens is 506 g/mol. The number of hydrogen-bond acceptors (Lipinski definition) is 4. The van der Waals surface area contributed by atoms with Crippen LogP contribution in [-0.4, -0.2) is 58.3 Å².